The second kappa shape index (κ2) is 60.7. The lowest BCUT2D eigenvalue weighted by atomic mass is 9.77. The van der Waals surface area contributed by atoms with Gasteiger partial charge in [0, 0.05) is 41.5 Å². The van der Waals surface area contributed by atoms with E-state index in [1.165, 1.54) is 181 Å². The van der Waals surface area contributed by atoms with Gasteiger partial charge < -0.3 is 75.8 Å². The predicted molar refractivity (Wildman–Crippen MR) is 541 cm³/mol. The van der Waals surface area contributed by atoms with Crippen LogP contribution in [0.1, 0.15) is 230 Å². The number of halogens is 6. The summed E-state index contributed by atoms with van der Waals surface area (Å²) in [6, 6.07) is 48.2. The van der Waals surface area contributed by atoms with E-state index >= 15 is 26.3 Å². The Morgan fingerprint density at radius 2 is 0.510 bits per heavy atom. The number of ether oxygens (including phenoxy) is 16. The average Bonchev–Trinajstić information content (AvgIpc) is 0.827. The van der Waals surface area contributed by atoms with E-state index in [2.05, 4.69) is 30.7 Å². The van der Waals surface area contributed by atoms with Crippen molar-refractivity contribution in [3.05, 3.63) is 251 Å². The summed E-state index contributed by atoms with van der Waals surface area (Å²) in [6.07, 6.45) is 36.2. The molecule has 0 amide bonds. The normalized spacial score (nSPS) is 16.4. The van der Waals surface area contributed by atoms with Gasteiger partial charge in [-0.3, -0.25) is 9.97 Å². The van der Waals surface area contributed by atoms with Gasteiger partial charge in [-0.1, -0.05) is 171 Å². The smallest absolute Gasteiger partial charge is 0.338 e. The maximum absolute atomic E-state index is 15.7. The number of hydrogen-bond acceptors (Lipinski definition) is 20. The molecule has 3 fully saturated rings. The van der Waals surface area contributed by atoms with Crippen LogP contribution in [0.5, 0.6) is 34.5 Å². The van der Waals surface area contributed by atoms with E-state index in [4.69, 9.17) is 75.8 Å². The molecule has 0 N–H and O–H groups in total. The summed E-state index contributed by atoms with van der Waals surface area (Å²) in [5.74, 6) is -4.25. The van der Waals surface area contributed by atoms with Crippen molar-refractivity contribution < 1.29 is 112 Å². The fourth-order valence-corrected chi connectivity index (χ4v) is 19.1. The number of aromatic nitrogens is 2. The topological polar surface area (TPSA) is 208 Å². The van der Waals surface area contributed by atoms with Crippen LogP contribution in [0.25, 0.3) is 55.6 Å². The highest BCUT2D eigenvalue weighted by atomic mass is 19.2. The molecule has 0 radical (unpaired) electrons. The Kier molecular flexibility index (Phi) is 46.4. The molecule has 3 aliphatic rings. The molecule has 13 rings (SSSR count). The number of carbonyl (C=O) groups is 2. The van der Waals surface area contributed by atoms with Crippen molar-refractivity contribution in [1.29, 1.82) is 0 Å². The zero-order chi connectivity index (χ0) is 99.8. The molecule has 20 nitrogen and oxygen atoms in total. The molecule has 143 heavy (non-hydrogen) atoms. The molecular weight excluding hydrogens is 1840 g/mol. The zero-order valence-electron chi connectivity index (χ0n) is 83.3. The Balaban J connectivity index is 0.591. The summed E-state index contributed by atoms with van der Waals surface area (Å²) < 4.78 is 187. The number of rotatable bonds is 64. The molecule has 0 aliphatic heterocycles. The summed E-state index contributed by atoms with van der Waals surface area (Å²) >= 11 is 0. The fraction of sp³-hybridized carbons (Fsp3) is 0.487. The molecule has 770 valence electrons. The van der Waals surface area contributed by atoms with Crippen molar-refractivity contribution in [2.24, 2.45) is 17.8 Å². The number of unbranched alkanes of at least 4 members (excludes halogenated alkanes) is 6. The second-order valence-electron chi connectivity index (χ2n) is 37.1. The summed E-state index contributed by atoms with van der Waals surface area (Å²) in [5.41, 5.74) is 9.65. The predicted octanol–water partition coefficient (Wildman–Crippen LogP) is 26.7. The molecule has 2 aromatic heterocycles. The van der Waals surface area contributed by atoms with Crippen LogP contribution >= 0.6 is 0 Å². The van der Waals surface area contributed by atoms with E-state index in [1.807, 2.05) is 103 Å². The molecule has 10 aromatic rings. The second-order valence-corrected chi connectivity index (χ2v) is 37.1. The van der Waals surface area contributed by atoms with Crippen molar-refractivity contribution in [2.45, 2.75) is 193 Å². The van der Waals surface area contributed by atoms with E-state index in [-0.39, 0.29) is 215 Å². The molecule has 8 aromatic carbocycles. The van der Waals surface area contributed by atoms with Crippen LogP contribution in [-0.4, -0.2) is 180 Å². The van der Waals surface area contributed by atoms with Gasteiger partial charge in [-0.15, -0.1) is 0 Å². The molecule has 2 heterocycles. The van der Waals surface area contributed by atoms with Crippen molar-refractivity contribution in [3.63, 3.8) is 0 Å². The number of nitrogens with zero attached hydrogens (tertiary/aromatic N) is 2. The van der Waals surface area contributed by atoms with Gasteiger partial charge in [-0.2, -0.15) is 13.2 Å². The lowest BCUT2D eigenvalue weighted by Gasteiger charge is -2.29. The first-order chi connectivity index (χ1) is 70.2. The first-order valence-corrected chi connectivity index (χ1v) is 51.8. The van der Waals surface area contributed by atoms with Gasteiger partial charge in [-0.25, -0.2) is 22.8 Å². The lowest BCUT2D eigenvalue weighted by Crippen LogP contribution is -2.17. The van der Waals surface area contributed by atoms with Gasteiger partial charge in [0.05, 0.1) is 117 Å². The number of benzene rings is 8. The van der Waals surface area contributed by atoms with Crippen molar-refractivity contribution in [2.75, 3.05) is 159 Å². The third-order valence-electron chi connectivity index (χ3n) is 27.2. The summed E-state index contributed by atoms with van der Waals surface area (Å²) in [5, 5.41) is 0. The highest BCUT2D eigenvalue weighted by Crippen LogP contribution is 2.45. The van der Waals surface area contributed by atoms with Crippen LogP contribution in [0.15, 0.2) is 189 Å². The van der Waals surface area contributed by atoms with E-state index in [1.54, 1.807) is 36.9 Å². The van der Waals surface area contributed by atoms with Crippen LogP contribution in [0.4, 0.5) is 26.3 Å². The zero-order valence-corrected chi connectivity index (χ0v) is 83.3. The van der Waals surface area contributed by atoms with Gasteiger partial charge in [-0.05, 0) is 259 Å². The molecule has 0 spiro atoms. The van der Waals surface area contributed by atoms with Gasteiger partial charge in [0.25, 0.3) is 0 Å². The average molecular weight is 1980 g/mol. The molecule has 26 heteroatoms. The Bertz CT molecular complexity index is 5180. The van der Waals surface area contributed by atoms with Gasteiger partial charge in [0.15, 0.2) is 46.2 Å². The summed E-state index contributed by atoms with van der Waals surface area (Å²) in [4.78, 5) is 35.8. The van der Waals surface area contributed by atoms with Crippen LogP contribution in [-0.2, 0) is 47.4 Å². The standard InChI is InChI=1S/C117H142F6N2O18/c1-4-7-10-13-83-16-22-86(23-17-83)89-28-34-94(35-29-89)101-40-43-104(112(121)109(101)118)136-70-62-128-54-56-131-65-73-139-107-81-100(117(127)143-77-69-135-61-60-134-68-76-142-116(126)99-79-97(92-46-50-124-51-47-92)78-98(80-99)93-48-52-125-53-49-93)82-108(140-74-66-132-57-55-129-63-71-137-105-44-41-102(110(119)113(105)122)95-36-30-90(31-37-95)87-24-18-84(19-25-87)14-11-8-5-2)115(107)141-75-67-133-59-58-130-64-72-138-106-45-42-103(111(120)114(106)123)96-38-32-91(33-39-96)88-26-20-85(21-27-88)15-12-9-6-3/h28-53,78-88H,4-27,54-77H2,1-3H3. The number of hydrogen-bond donors (Lipinski definition) is 0. The van der Waals surface area contributed by atoms with Crippen LogP contribution < -0.4 is 28.4 Å². The lowest BCUT2D eigenvalue weighted by molar-refractivity contribution is 0.00226. The van der Waals surface area contributed by atoms with E-state index < -0.39 is 46.8 Å². The Labute approximate surface area is 839 Å². The molecule has 0 unspecified atom stereocenters. The van der Waals surface area contributed by atoms with Gasteiger partial charge >= 0.3 is 11.9 Å². The highest BCUT2D eigenvalue weighted by Gasteiger charge is 2.29. The minimum Gasteiger partial charge on any atom is -0.488 e. The van der Waals surface area contributed by atoms with Gasteiger partial charge in [0.2, 0.25) is 23.2 Å². The minimum absolute atomic E-state index is 0.0115. The Hall–Kier alpha value is -10.9. The molecule has 3 aliphatic carbocycles. The Morgan fingerprint density at radius 3 is 0.797 bits per heavy atom. The molecular formula is C117H142F6N2O18. The van der Waals surface area contributed by atoms with Crippen molar-refractivity contribution in [3.8, 4) is 90.1 Å². The minimum atomic E-state index is -1.09. The number of esters is 2. The molecule has 0 atom stereocenters. The molecule has 0 saturated heterocycles. The number of carbonyl (C=O) groups excluding carboxylic acids is 2. The number of pyridine rings is 2. The van der Waals surface area contributed by atoms with Crippen LogP contribution in [0.2, 0.25) is 0 Å². The summed E-state index contributed by atoms with van der Waals surface area (Å²) in [7, 11) is 0. The third-order valence-corrected chi connectivity index (χ3v) is 27.2. The SMILES string of the molecule is CCCCCC1CCC(c2ccc(-c3ccc(OCCOCCOCCOc4cc(C(=O)OCCOCCOCCOC(=O)c5cc(-c6ccncc6)cc(-c6ccncc6)c5)cc(OCCOCCOCCOc5ccc(-c6ccc(C7CCC(CCCCC)CC7)cc6)c(F)c5F)c4OCCOCCOCCOc4ccc(-c5ccc(C6CCC(CCCCC)CC6)cc5)c(F)c4F)c(F)c3F)cc2)CC1. The highest BCUT2D eigenvalue weighted by molar-refractivity contribution is 5.94. The van der Waals surface area contributed by atoms with E-state index in [0.29, 0.717) is 40.0 Å². The molecule has 0 bridgehead atoms. The fourth-order valence-electron chi connectivity index (χ4n) is 19.1. The van der Waals surface area contributed by atoms with Crippen LogP contribution in [0, 0.1) is 52.7 Å². The van der Waals surface area contributed by atoms with E-state index in [0.717, 1.165) is 78.5 Å². The quantitative estimate of drug-likeness (QED) is 0.0197. The molecule has 3 saturated carbocycles. The van der Waals surface area contributed by atoms with Crippen molar-refractivity contribution >= 4 is 11.9 Å². The first kappa shape index (κ1) is 109. The maximum Gasteiger partial charge on any atom is 0.338 e. The van der Waals surface area contributed by atoms with E-state index in [9.17, 15) is 9.59 Å². The Morgan fingerprint density at radius 1 is 0.252 bits per heavy atom. The monoisotopic (exact) mass is 1980 g/mol. The first-order valence-electron chi connectivity index (χ1n) is 51.8. The third kappa shape index (κ3) is 34.6. The largest absolute Gasteiger partial charge is 0.488 e. The maximum atomic E-state index is 15.7. The van der Waals surface area contributed by atoms with Gasteiger partial charge in [0.1, 0.15) is 52.9 Å². The van der Waals surface area contributed by atoms with Crippen LogP contribution in [0.3, 0.4) is 0 Å². The van der Waals surface area contributed by atoms with Crippen molar-refractivity contribution in [1.82, 2.24) is 9.97 Å². The summed E-state index contributed by atoms with van der Waals surface area (Å²) in [6.45, 7) is 7.26.